The Balaban J connectivity index is 2.93. The molecule has 0 fully saturated rings. The number of halogens is 1. The lowest BCUT2D eigenvalue weighted by Gasteiger charge is -2.15. The molecule has 0 aromatic heterocycles. The molecule has 1 atom stereocenters. The van der Waals surface area contributed by atoms with Gasteiger partial charge in [-0.05, 0) is 40.0 Å². The summed E-state index contributed by atoms with van der Waals surface area (Å²) in [7, 11) is 1.51. The first-order valence-corrected chi connectivity index (χ1v) is 7.29. The zero-order valence-electron chi connectivity index (χ0n) is 11.7. The number of hydrogen-bond donors (Lipinski definition) is 2. The van der Waals surface area contributed by atoms with Crippen molar-refractivity contribution in [3.63, 3.8) is 0 Å². The van der Waals surface area contributed by atoms with E-state index in [1.807, 2.05) is 0 Å². The molecule has 0 amide bonds. The summed E-state index contributed by atoms with van der Waals surface area (Å²) < 4.78 is 11.6. The molecule has 0 saturated heterocycles. The number of carboxylic acid groups (broad SMARTS) is 1. The molecular formula is C14H20BrNO4. The number of ether oxygens (including phenoxy) is 2. The molecule has 20 heavy (non-hydrogen) atoms. The van der Waals surface area contributed by atoms with Gasteiger partial charge in [-0.3, -0.25) is 4.79 Å². The number of methoxy groups -OCH3 is 1. The number of hydrogen-bond acceptors (Lipinski definition) is 4. The van der Waals surface area contributed by atoms with Crippen molar-refractivity contribution in [3.05, 3.63) is 22.2 Å². The quantitative estimate of drug-likeness (QED) is 0.707. The first kappa shape index (κ1) is 16.8. The predicted octanol–water partition coefficient (Wildman–Crippen LogP) is 3.11. The minimum atomic E-state index is -1.09. The van der Waals surface area contributed by atoms with Gasteiger partial charge in [-0.25, -0.2) is 0 Å². The molecule has 0 bridgehead atoms. The van der Waals surface area contributed by atoms with Crippen LogP contribution >= 0.6 is 15.9 Å². The molecule has 0 aliphatic carbocycles. The van der Waals surface area contributed by atoms with Gasteiger partial charge in [-0.1, -0.05) is 19.8 Å². The number of carbonyl (C=O) groups is 1. The van der Waals surface area contributed by atoms with Gasteiger partial charge in [-0.2, -0.15) is 0 Å². The second-order valence-corrected chi connectivity index (χ2v) is 5.26. The van der Waals surface area contributed by atoms with E-state index in [-0.39, 0.29) is 0 Å². The summed E-state index contributed by atoms with van der Waals surface area (Å²) in [5.74, 6) is -0.0388. The van der Waals surface area contributed by atoms with E-state index < -0.39 is 12.0 Å². The normalized spacial score (nSPS) is 12.0. The van der Waals surface area contributed by atoms with Crippen LogP contribution in [0.2, 0.25) is 0 Å². The molecule has 0 radical (unpaired) electrons. The van der Waals surface area contributed by atoms with Gasteiger partial charge in [0.25, 0.3) is 0 Å². The highest BCUT2D eigenvalue weighted by Gasteiger charge is 2.19. The molecule has 1 aromatic rings. The van der Waals surface area contributed by atoms with Crippen molar-refractivity contribution in [2.75, 3.05) is 13.7 Å². The first-order chi connectivity index (χ1) is 9.51. The fourth-order valence-corrected chi connectivity index (χ4v) is 2.30. The number of carboxylic acids is 1. The second kappa shape index (κ2) is 8.11. The standard InChI is InChI=1S/C14H20BrNO4/c1-3-4-5-6-20-13-10(15)7-9(8-11(13)19-2)12(16)14(17)18/h7-8,12H,3-6,16H2,1-2H3,(H,17,18). The van der Waals surface area contributed by atoms with Crippen LogP contribution in [0.4, 0.5) is 0 Å². The third kappa shape index (κ3) is 4.38. The lowest BCUT2D eigenvalue weighted by molar-refractivity contribution is -0.138. The van der Waals surface area contributed by atoms with Crippen LogP contribution in [0, 0.1) is 0 Å². The van der Waals surface area contributed by atoms with Crippen LogP contribution in [0.15, 0.2) is 16.6 Å². The molecule has 0 spiro atoms. The molecule has 0 aliphatic heterocycles. The molecule has 0 heterocycles. The molecule has 0 aliphatic rings. The van der Waals surface area contributed by atoms with Crippen LogP contribution in [-0.2, 0) is 4.79 Å². The number of unbranched alkanes of at least 4 members (excludes halogenated alkanes) is 2. The minimum absolute atomic E-state index is 0.460. The molecule has 5 nitrogen and oxygen atoms in total. The Bertz CT molecular complexity index is 465. The van der Waals surface area contributed by atoms with Gasteiger partial charge in [0.15, 0.2) is 11.5 Å². The van der Waals surface area contributed by atoms with E-state index in [4.69, 9.17) is 20.3 Å². The van der Waals surface area contributed by atoms with Gasteiger partial charge in [0.2, 0.25) is 0 Å². The van der Waals surface area contributed by atoms with Crippen molar-refractivity contribution in [2.45, 2.75) is 32.2 Å². The number of rotatable bonds is 8. The van der Waals surface area contributed by atoms with E-state index >= 15 is 0 Å². The van der Waals surface area contributed by atoms with Crippen molar-refractivity contribution in [1.29, 1.82) is 0 Å². The van der Waals surface area contributed by atoms with Crippen molar-refractivity contribution in [1.82, 2.24) is 0 Å². The van der Waals surface area contributed by atoms with Crippen LogP contribution in [0.25, 0.3) is 0 Å². The summed E-state index contributed by atoms with van der Waals surface area (Å²) in [6.07, 6.45) is 3.18. The lowest BCUT2D eigenvalue weighted by Crippen LogP contribution is -2.20. The van der Waals surface area contributed by atoms with Crippen molar-refractivity contribution >= 4 is 21.9 Å². The number of nitrogens with two attached hydrogens (primary N) is 1. The van der Waals surface area contributed by atoms with Crippen LogP contribution in [0.3, 0.4) is 0 Å². The average Bonchev–Trinajstić information content (AvgIpc) is 2.43. The first-order valence-electron chi connectivity index (χ1n) is 6.49. The molecule has 0 saturated carbocycles. The molecular weight excluding hydrogens is 326 g/mol. The fourth-order valence-electron chi connectivity index (χ4n) is 1.73. The van der Waals surface area contributed by atoms with Gasteiger partial charge in [0, 0.05) is 0 Å². The third-order valence-electron chi connectivity index (χ3n) is 2.87. The largest absolute Gasteiger partial charge is 0.493 e. The van der Waals surface area contributed by atoms with Gasteiger partial charge in [-0.15, -0.1) is 0 Å². The van der Waals surface area contributed by atoms with Gasteiger partial charge in [0.1, 0.15) is 6.04 Å². The van der Waals surface area contributed by atoms with Crippen LogP contribution in [-0.4, -0.2) is 24.8 Å². The van der Waals surface area contributed by atoms with Crippen LogP contribution in [0.1, 0.15) is 37.8 Å². The van der Waals surface area contributed by atoms with Gasteiger partial charge in [0.05, 0.1) is 18.2 Å². The monoisotopic (exact) mass is 345 g/mol. The third-order valence-corrected chi connectivity index (χ3v) is 3.46. The Morgan fingerprint density at radius 3 is 2.70 bits per heavy atom. The van der Waals surface area contributed by atoms with Gasteiger partial charge >= 0.3 is 5.97 Å². The summed E-state index contributed by atoms with van der Waals surface area (Å²) >= 11 is 3.37. The maximum absolute atomic E-state index is 10.9. The van der Waals surface area contributed by atoms with E-state index in [0.29, 0.717) is 28.1 Å². The topological polar surface area (TPSA) is 81.8 Å². The Morgan fingerprint density at radius 1 is 1.45 bits per heavy atom. The highest BCUT2D eigenvalue weighted by Crippen LogP contribution is 2.38. The van der Waals surface area contributed by atoms with Crippen molar-refractivity contribution in [3.8, 4) is 11.5 Å². The molecule has 3 N–H and O–H groups in total. The summed E-state index contributed by atoms with van der Waals surface area (Å²) in [5, 5.41) is 8.95. The van der Waals surface area contributed by atoms with Crippen molar-refractivity contribution in [2.24, 2.45) is 5.73 Å². The molecule has 1 aromatic carbocycles. The van der Waals surface area contributed by atoms with E-state index in [1.165, 1.54) is 7.11 Å². The Kier molecular flexibility index (Phi) is 6.81. The van der Waals surface area contributed by atoms with E-state index in [0.717, 1.165) is 19.3 Å². The Hall–Kier alpha value is -1.27. The van der Waals surface area contributed by atoms with Crippen molar-refractivity contribution < 1.29 is 19.4 Å². The Labute approximate surface area is 127 Å². The van der Waals surface area contributed by atoms with E-state index in [2.05, 4.69) is 22.9 Å². The zero-order chi connectivity index (χ0) is 15.1. The molecule has 1 unspecified atom stereocenters. The second-order valence-electron chi connectivity index (χ2n) is 4.41. The smallest absolute Gasteiger partial charge is 0.325 e. The summed E-state index contributed by atoms with van der Waals surface area (Å²) in [4.78, 5) is 10.9. The number of aliphatic carboxylic acids is 1. The molecule has 1 rings (SSSR count). The van der Waals surface area contributed by atoms with Crippen LogP contribution in [0.5, 0.6) is 11.5 Å². The zero-order valence-corrected chi connectivity index (χ0v) is 13.3. The highest BCUT2D eigenvalue weighted by atomic mass is 79.9. The SMILES string of the molecule is CCCCCOc1c(Br)cc(C(N)C(=O)O)cc1OC. The predicted molar refractivity (Wildman–Crippen MR) is 80.3 cm³/mol. The summed E-state index contributed by atoms with van der Waals surface area (Å²) in [6.45, 7) is 2.71. The lowest BCUT2D eigenvalue weighted by atomic mass is 10.1. The van der Waals surface area contributed by atoms with Gasteiger partial charge < -0.3 is 20.3 Å². The highest BCUT2D eigenvalue weighted by molar-refractivity contribution is 9.10. The molecule has 6 heteroatoms. The maximum Gasteiger partial charge on any atom is 0.325 e. The van der Waals surface area contributed by atoms with E-state index in [9.17, 15) is 4.79 Å². The Morgan fingerprint density at radius 2 is 2.15 bits per heavy atom. The average molecular weight is 346 g/mol. The summed E-state index contributed by atoms with van der Waals surface area (Å²) in [6, 6.07) is 2.16. The maximum atomic E-state index is 10.9. The fraction of sp³-hybridized carbons (Fsp3) is 0.500. The minimum Gasteiger partial charge on any atom is -0.493 e. The number of benzene rings is 1. The molecule has 112 valence electrons. The van der Waals surface area contributed by atoms with Crippen LogP contribution < -0.4 is 15.2 Å². The van der Waals surface area contributed by atoms with E-state index in [1.54, 1.807) is 12.1 Å². The summed E-state index contributed by atoms with van der Waals surface area (Å²) in [5.41, 5.74) is 6.06.